The molecule has 120 valence electrons. The van der Waals surface area contributed by atoms with E-state index in [1.807, 2.05) is 18.7 Å². The Balaban J connectivity index is 2.18. The Kier molecular flexibility index (Phi) is 5.01. The number of aryl methyl sites for hydroxylation is 2. The van der Waals surface area contributed by atoms with Gasteiger partial charge in [0.25, 0.3) is 0 Å². The first-order valence-electron chi connectivity index (χ1n) is 7.89. The van der Waals surface area contributed by atoms with Gasteiger partial charge in [0.2, 0.25) is 0 Å². The van der Waals surface area contributed by atoms with E-state index in [0.29, 0.717) is 12.1 Å². The number of hydrogen-bond acceptors (Lipinski definition) is 3. The predicted octanol–water partition coefficient (Wildman–Crippen LogP) is 2.98. The molecule has 2 unspecified atom stereocenters. The molecule has 1 fully saturated rings. The fourth-order valence-corrected chi connectivity index (χ4v) is 3.30. The van der Waals surface area contributed by atoms with Gasteiger partial charge in [0, 0.05) is 38.8 Å². The number of rotatable bonds is 3. The minimum Gasteiger partial charge on any atom is -0.311 e. The zero-order chi connectivity index (χ0) is 15.8. The second kappa shape index (κ2) is 6.27. The van der Waals surface area contributed by atoms with Gasteiger partial charge in [-0.3, -0.25) is 9.58 Å². The molecule has 0 aromatic carbocycles. The van der Waals surface area contributed by atoms with Crippen molar-refractivity contribution in [2.75, 3.05) is 13.1 Å². The van der Waals surface area contributed by atoms with E-state index < -0.39 is 0 Å². The molecule has 1 aromatic rings. The molecule has 1 N–H and O–H groups in total. The summed E-state index contributed by atoms with van der Waals surface area (Å²) >= 11 is 6.42. The first kappa shape index (κ1) is 16.8. The maximum atomic E-state index is 6.42. The molecule has 2 heterocycles. The number of hydrogen-bond donors (Lipinski definition) is 1. The average Bonchev–Trinajstić information content (AvgIpc) is 2.64. The van der Waals surface area contributed by atoms with Crippen LogP contribution in [0.25, 0.3) is 0 Å². The van der Waals surface area contributed by atoms with Crippen LogP contribution in [0.5, 0.6) is 0 Å². The lowest BCUT2D eigenvalue weighted by atomic mass is 9.84. The third-order valence-electron chi connectivity index (χ3n) is 4.66. The van der Waals surface area contributed by atoms with Gasteiger partial charge in [-0.25, -0.2) is 0 Å². The molecule has 0 aliphatic carbocycles. The van der Waals surface area contributed by atoms with E-state index in [1.165, 1.54) is 0 Å². The van der Waals surface area contributed by atoms with Crippen LogP contribution in [0, 0.1) is 12.3 Å². The first-order chi connectivity index (χ1) is 9.74. The molecule has 1 aliphatic rings. The monoisotopic (exact) mass is 312 g/mol. The fourth-order valence-electron chi connectivity index (χ4n) is 3.08. The lowest BCUT2D eigenvalue weighted by molar-refractivity contribution is 0.0756. The van der Waals surface area contributed by atoms with E-state index in [4.69, 9.17) is 11.6 Å². The van der Waals surface area contributed by atoms with Crippen LogP contribution in [-0.4, -0.2) is 39.9 Å². The van der Waals surface area contributed by atoms with Crippen LogP contribution < -0.4 is 5.32 Å². The van der Waals surface area contributed by atoms with Gasteiger partial charge in [-0.1, -0.05) is 39.3 Å². The van der Waals surface area contributed by atoms with E-state index in [9.17, 15) is 0 Å². The van der Waals surface area contributed by atoms with Gasteiger partial charge in [-0.15, -0.1) is 0 Å². The van der Waals surface area contributed by atoms with Gasteiger partial charge in [-0.05, 0) is 18.8 Å². The van der Waals surface area contributed by atoms with Crippen molar-refractivity contribution in [3.05, 3.63) is 16.4 Å². The van der Waals surface area contributed by atoms with Crippen LogP contribution in [0.2, 0.25) is 5.02 Å². The number of nitrogens with one attached hydrogen (secondary N) is 1. The van der Waals surface area contributed by atoms with Crippen LogP contribution in [0.1, 0.15) is 45.5 Å². The number of halogens is 1. The average molecular weight is 313 g/mol. The molecular weight excluding hydrogens is 284 g/mol. The quantitative estimate of drug-likeness (QED) is 0.931. The third kappa shape index (κ3) is 3.61. The summed E-state index contributed by atoms with van der Waals surface area (Å²) in [5.74, 6) is 0. The molecule has 2 atom stereocenters. The zero-order valence-electron chi connectivity index (χ0n) is 14.2. The summed E-state index contributed by atoms with van der Waals surface area (Å²) in [6.07, 6.45) is 1.15. The van der Waals surface area contributed by atoms with Crippen LogP contribution in [0.15, 0.2) is 0 Å². The van der Waals surface area contributed by atoms with Crippen molar-refractivity contribution in [2.24, 2.45) is 12.5 Å². The SMILES string of the molecule is CCC1CNC(C(C)(C)C)CN1Cc1c(Cl)c(C)nn1C. The van der Waals surface area contributed by atoms with Crippen molar-refractivity contribution >= 4 is 11.6 Å². The largest absolute Gasteiger partial charge is 0.311 e. The highest BCUT2D eigenvalue weighted by Crippen LogP contribution is 2.27. The molecule has 1 aromatic heterocycles. The van der Waals surface area contributed by atoms with Crippen molar-refractivity contribution < 1.29 is 0 Å². The third-order valence-corrected chi connectivity index (χ3v) is 5.16. The minimum absolute atomic E-state index is 0.267. The maximum Gasteiger partial charge on any atom is 0.0860 e. The van der Waals surface area contributed by atoms with Crippen LogP contribution in [0.4, 0.5) is 0 Å². The lowest BCUT2D eigenvalue weighted by Gasteiger charge is -2.45. The van der Waals surface area contributed by atoms with Crippen LogP contribution in [0.3, 0.4) is 0 Å². The Morgan fingerprint density at radius 2 is 2.05 bits per heavy atom. The van der Waals surface area contributed by atoms with Crippen LogP contribution in [-0.2, 0) is 13.6 Å². The van der Waals surface area contributed by atoms with E-state index in [0.717, 1.165) is 42.5 Å². The Bertz CT molecular complexity index is 489. The molecule has 0 radical (unpaired) electrons. The summed E-state index contributed by atoms with van der Waals surface area (Å²) in [4.78, 5) is 2.56. The predicted molar refractivity (Wildman–Crippen MR) is 88.7 cm³/mol. The summed E-state index contributed by atoms with van der Waals surface area (Å²) in [5.41, 5.74) is 2.32. The van der Waals surface area contributed by atoms with Gasteiger partial charge in [-0.2, -0.15) is 5.10 Å². The molecular formula is C16H29ClN4. The summed E-state index contributed by atoms with van der Waals surface area (Å²) in [7, 11) is 1.98. The fraction of sp³-hybridized carbons (Fsp3) is 0.812. The standard InChI is InChI=1S/C16H29ClN4/c1-7-12-8-18-14(16(3,4)5)10-21(12)9-13-15(17)11(2)19-20(13)6/h12,14,18H,7-10H2,1-6H3. The molecule has 2 rings (SSSR count). The second-order valence-electron chi connectivity index (χ2n) is 7.29. The highest BCUT2D eigenvalue weighted by Gasteiger charge is 2.34. The van der Waals surface area contributed by atoms with E-state index in [-0.39, 0.29) is 5.41 Å². The van der Waals surface area contributed by atoms with Crippen molar-refractivity contribution in [2.45, 2.75) is 59.7 Å². The second-order valence-corrected chi connectivity index (χ2v) is 7.67. The van der Waals surface area contributed by atoms with Gasteiger partial charge in [0.05, 0.1) is 16.4 Å². The number of piperazine rings is 1. The normalized spacial score (nSPS) is 24.5. The molecule has 0 spiro atoms. The van der Waals surface area contributed by atoms with Crippen molar-refractivity contribution in [1.82, 2.24) is 20.0 Å². The zero-order valence-corrected chi connectivity index (χ0v) is 15.0. The Morgan fingerprint density at radius 3 is 2.52 bits per heavy atom. The van der Waals surface area contributed by atoms with Gasteiger partial charge < -0.3 is 5.32 Å². The summed E-state index contributed by atoms with van der Waals surface area (Å²) in [5, 5.41) is 8.97. The highest BCUT2D eigenvalue weighted by atomic mass is 35.5. The number of nitrogens with zero attached hydrogens (tertiary/aromatic N) is 3. The van der Waals surface area contributed by atoms with Crippen molar-refractivity contribution in [3.8, 4) is 0 Å². The van der Waals surface area contributed by atoms with Crippen LogP contribution >= 0.6 is 11.6 Å². The van der Waals surface area contributed by atoms with Crippen molar-refractivity contribution in [1.29, 1.82) is 0 Å². The van der Waals surface area contributed by atoms with Gasteiger partial charge in [0.1, 0.15) is 0 Å². The Hall–Kier alpha value is -0.580. The Labute approximate surface area is 133 Å². The van der Waals surface area contributed by atoms with Gasteiger partial charge in [0.15, 0.2) is 0 Å². The molecule has 21 heavy (non-hydrogen) atoms. The molecule has 1 aliphatic heterocycles. The van der Waals surface area contributed by atoms with Crippen molar-refractivity contribution in [3.63, 3.8) is 0 Å². The molecule has 1 saturated heterocycles. The van der Waals surface area contributed by atoms with Gasteiger partial charge >= 0.3 is 0 Å². The van der Waals surface area contributed by atoms with E-state index in [2.05, 4.69) is 43.0 Å². The Morgan fingerprint density at radius 1 is 1.38 bits per heavy atom. The molecule has 0 amide bonds. The molecule has 5 heteroatoms. The molecule has 0 saturated carbocycles. The molecule has 0 bridgehead atoms. The van der Waals surface area contributed by atoms with E-state index in [1.54, 1.807) is 0 Å². The summed E-state index contributed by atoms with van der Waals surface area (Å²) < 4.78 is 1.93. The first-order valence-corrected chi connectivity index (χ1v) is 8.27. The maximum absolute atomic E-state index is 6.42. The van der Waals surface area contributed by atoms with E-state index >= 15 is 0 Å². The topological polar surface area (TPSA) is 33.1 Å². The summed E-state index contributed by atoms with van der Waals surface area (Å²) in [6.45, 7) is 14.1. The highest BCUT2D eigenvalue weighted by molar-refractivity contribution is 6.31. The summed E-state index contributed by atoms with van der Waals surface area (Å²) in [6, 6.07) is 1.07. The minimum atomic E-state index is 0.267. The smallest absolute Gasteiger partial charge is 0.0860 e. The lowest BCUT2D eigenvalue weighted by Crippen LogP contribution is -2.59. The number of aromatic nitrogens is 2. The molecule has 4 nitrogen and oxygen atoms in total.